The molecule has 0 saturated carbocycles. The van der Waals surface area contributed by atoms with Gasteiger partial charge in [0.2, 0.25) is 0 Å². The number of carbonyl (C=O) groups is 1. The van der Waals surface area contributed by atoms with E-state index in [0.29, 0.717) is 13.0 Å². The summed E-state index contributed by atoms with van der Waals surface area (Å²) < 4.78 is 59.3. The summed E-state index contributed by atoms with van der Waals surface area (Å²) >= 11 is 0. The summed E-state index contributed by atoms with van der Waals surface area (Å²) in [5.74, 6) is -0.415. The summed E-state index contributed by atoms with van der Waals surface area (Å²) in [7, 11) is -5.07. The predicted molar refractivity (Wildman–Crippen MR) is 275 cm³/mol. The number of aliphatic hydroxyl groups is 3. The summed E-state index contributed by atoms with van der Waals surface area (Å²) in [5, 5.41) is 30.8. The summed E-state index contributed by atoms with van der Waals surface area (Å²) in [4.78, 5) is 12.9. The van der Waals surface area contributed by atoms with Gasteiger partial charge in [-0.1, -0.05) is 182 Å². The van der Waals surface area contributed by atoms with Crippen molar-refractivity contribution in [1.29, 1.82) is 0 Å². The Kier molecular flexibility index (Phi) is 41.9. The van der Waals surface area contributed by atoms with Gasteiger partial charge in [-0.2, -0.15) is 8.42 Å². The zero-order valence-corrected chi connectivity index (χ0v) is 42.7. The Morgan fingerprint density at radius 2 is 0.971 bits per heavy atom. The first-order chi connectivity index (χ1) is 33.1. The highest BCUT2D eigenvalue weighted by Gasteiger charge is 2.48. The number of esters is 1. The maximum Gasteiger partial charge on any atom is 0.397 e. The lowest BCUT2D eigenvalue weighted by atomic mass is 9.99. The van der Waals surface area contributed by atoms with Crippen LogP contribution in [0.25, 0.3) is 0 Å². The molecule has 0 bridgehead atoms. The highest BCUT2D eigenvalue weighted by Crippen LogP contribution is 2.26. The van der Waals surface area contributed by atoms with Crippen molar-refractivity contribution in [2.75, 3.05) is 26.4 Å². The second-order valence-electron chi connectivity index (χ2n) is 17.3. The molecule has 0 spiro atoms. The van der Waals surface area contributed by atoms with E-state index < -0.39 is 59.8 Å². The minimum Gasteiger partial charge on any atom is -0.457 e. The van der Waals surface area contributed by atoms with E-state index in [-0.39, 0.29) is 19.6 Å². The number of ether oxygens (including phenoxy) is 4. The van der Waals surface area contributed by atoms with Crippen LogP contribution in [0.3, 0.4) is 0 Å². The molecule has 1 aliphatic heterocycles. The summed E-state index contributed by atoms with van der Waals surface area (Å²) in [6.45, 7) is 3.71. The number of rotatable bonds is 44. The fourth-order valence-corrected chi connectivity index (χ4v) is 7.87. The second kappa shape index (κ2) is 45.2. The first-order valence-corrected chi connectivity index (χ1v) is 27.4. The van der Waals surface area contributed by atoms with Gasteiger partial charge < -0.3 is 34.3 Å². The summed E-state index contributed by atoms with van der Waals surface area (Å²) in [6.07, 6.45) is 52.9. The average molecular weight is 977 g/mol. The van der Waals surface area contributed by atoms with Crippen molar-refractivity contribution in [3.8, 4) is 0 Å². The van der Waals surface area contributed by atoms with Gasteiger partial charge in [0.15, 0.2) is 6.29 Å². The van der Waals surface area contributed by atoms with Crippen LogP contribution in [0, 0.1) is 0 Å². The highest BCUT2D eigenvalue weighted by molar-refractivity contribution is 7.80. The van der Waals surface area contributed by atoms with Crippen molar-refractivity contribution in [1.82, 2.24) is 0 Å². The smallest absolute Gasteiger partial charge is 0.397 e. The van der Waals surface area contributed by atoms with Crippen molar-refractivity contribution < 1.29 is 56.2 Å². The van der Waals surface area contributed by atoms with Crippen LogP contribution in [0.4, 0.5) is 0 Å². The first-order valence-electron chi connectivity index (χ1n) is 26.0. The quantitative estimate of drug-likeness (QED) is 0.0197. The number of carbonyl (C=O) groups excluding carboxylic acids is 1. The van der Waals surface area contributed by atoms with Crippen LogP contribution >= 0.6 is 0 Å². The van der Waals surface area contributed by atoms with Crippen LogP contribution in [-0.2, 0) is 38.3 Å². The maximum atomic E-state index is 12.9. The van der Waals surface area contributed by atoms with E-state index in [2.05, 4.69) is 115 Å². The van der Waals surface area contributed by atoms with E-state index in [1.165, 1.54) is 38.5 Å². The van der Waals surface area contributed by atoms with Crippen LogP contribution < -0.4 is 0 Å². The van der Waals surface area contributed by atoms with Gasteiger partial charge in [-0.3, -0.25) is 9.35 Å². The first kappa shape index (κ1) is 63.0. The molecule has 1 saturated heterocycles. The molecule has 1 fully saturated rings. The number of aliphatic hydroxyl groups excluding tert-OH is 3. The third-order valence-corrected chi connectivity index (χ3v) is 11.7. The Bertz CT molecular complexity index is 1550. The largest absolute Gasteiger partial charge is 0.457 e. The molecule has 0 aliphatic carbocycles. The maximum absolute atomic E-state index is 12.9. The third kappa shape index (κ3) is 37.9. The lowest BCUT2D eigenvalue weighted by molar-refractivity contribution is -0.301. The minimum absolute atomic E-state index is 0.0157. The second-order valence-corrected chi connectivity index (χ2v) is 18.4. The Labute approximate surface area is 412 Å². The van der Waals surface area contributed by atoms with Gasteiger partial charge in [0.1, 0.15) is 30.5 Å². The molecule has 0 aromatic rings. The Morgan fingerprint density at radius 3 is 1.41 bits per heavy atom. The number of unbranched alkanes of at least 4 members (excludes halogenated alkanes) is 15. The van der Waals surface area contributed by atoms with E-state index in [9.17, 15) is 33.1 Å². The molecule has 4 N–H and O–H groups in total. The number of hydrogen-bond donors (Lipinski definition) is 4. The van der Waals surface area contributed by atoms with E-state index in [1.54, 1.807) is 0 Å². The molecule has 0 aromatic carbocycles. The van der Waals surface area contributed by atoms with E-state index in [4.69, 9.17) is 18.9 Å². The van der Waals surface area contributed by atoms with Crippen LogP contribution in [0.5, 0.6) is 0 Å². The van der Waals surface area contributed by atoms with Gasteiger partial charge in [-0.15, -0.1) is 0 Å². The van der Waals surface area contributed by atoms with E-state index in [1.807, 2.05) is 0 Å². The Morgan fingerprint density at radius 1 is 0.559 bits per heavy atom. The number of allylic oxidation sites excluding steroid dienone is 16. The molecule has 1 aliphatic rings. The van der Waals surface area contributed by atoms with Crippen LogP contribution in [-0.4, -0.2) is 97.5 Å². The molecule has 1 rings (SSSR count). The molecule has 12 nitrogen and oxygen atoms in total. The van der Waals surface area contributed by atoms with Crippen LogP contribution in [0.2, 0.25) is 0 Å². The molecule has 6 atom stereocenters. The Hall–Kier alpha value is -2.98. The average Bonchev–Trinajstić information content (AvgIpc) is 3.31. The monoisotopic (exact) mass is 977 g/mol. The van der Waals surface area contributed by atoms with Crippen molar-refractivity contribution in [2.24, 2.45) is 0 Å². The van der Waals surface area contributed by atoms with Gasteiger partial charge >= 0.3 is 16.4 Å². The van der Waals surface area contributed by atoms with Crippen molar-refractivity contribution in [3.63, 3.8) is 0 Å². The summed E-state index contributed by atoms with van der Waals surface area (Å²) in [5.41, 5.74) is 0. The van der Waals surface area contributed by atoms with E-state index in [0.717, 1.165) is 116 Å². The van der Waals surface area contributed by atoms with Crippen LogP contribution in [0.1, 0.15) is 181 Å². The van der Waals surface area contributed by atoms with Crippen molar-refractivity contribution in [2.45, 2.75) is 218 Å². The topological polar surface area (TPSA) is 178 Å². The van der Waals surface area contributed by atoms with Gasteiger partial charge in [-0.25, -0.2) is 4.18 Å². The molecule has 0 radical (unpaired) electrons. The van der Waals surface area contributed by atoms with E-state index >= 15 is 0 Å². The lowest BCUT2D eigenvalue weighted by Gasteiger charge is -2.41. The van der Waals surface area contributed by atoms with Crippen molar-refractivity contribution in [3.05, 3.63) is 97.2 Å². The van der Waals surface area contributed by atoms with Gasteiger partial charge in [0.25, 0.3) is 0 Å². The molecule has 1 heterocycles. The van der Waals surface area contributed by atoms with Gasteiger partial charge in [0, 0.05) is 13.0 Å². The standard InChI is InChI=1S/C55H92O12S/c1-3-5-7-9-11-13-15-17-19-21-23-24-25-26-27-28-30-32-34-36-38-40-42-44-51(57)65-49(48-64-55-53(59)54(67-68(60,61)62)52(58)50(46-56)66-55)47-63-45-43-41-39-37-35-33-31-29-22-20-18-16-14-12-10-8-6-4-2/h5-8,11-14,17-20,23-24,29,31,49-50,52-56,58-59H,3-4,9-10,15-16,21-22,25-28,30,32-48H2,1-2H3,(H,60,61,62)/b7-5-,8-6-,13-11-,14-12-,19-17-,20-18-,24-23-,31-29-. The van der Waals surface area contributed by atoms with Crippen LogP contribution in [0.15, 0.2) is 97.2 Å². The predicted octanol–water partition coefficient (Wildman–Crippen LogP) is 12.2. The van der Waals surface area contributed by atoms with Crippen molar-refractivity contribution >= 4 is 16.4 Å². The molecule has 68 heavy (non-hydrogen) atoms. The third-order valence-electron chi connectivity index (χ3n) is 11.2. The number of hydrogen-bond acceptors (Lipinski definition) is 11. The molecular formula is C55H92O12S. The molecule has 13 heteroatoms. The molecule has 6 unspecified atom stereocenters. The fourth-order valence-electron chi connectivity index (χ4n) is 7.36. The normalized spacial score (nSPS) is 20.1. The fraction of sp³-hybridized carbons (Fsp3) is 0.691. The zero-order chi connectivity index (χ0) is 49.6. The summed E-state index contributed by atoms with van der Waals surface area (Å²) in [6, 6.07) is 0. The molecule has 390 valence electrons. The lowest BCUT2D eigenvalue weighted by Crippen LogP contribution is -2.60. The molecule has 0 amide bonds. The zero-order valence-electron chi connectivity index (χ0n) is 41.9. The van der Waals surface area contributed by atoms with Gasteiger partial charge in [-0.05, 0) is 89.9 Å². The minimum atomic E-state index is -5.07. The highest BCUT2D eigenvalue weighted by atomic mass is 32.3. The SMILES string of the molecule is CC/C=C\C/C=C\C/C=C\C/C=C\CCCCCCCCCCCCC(=O)OC(COCCCCCCC/C=C\C/C=C\C/C=C\C/C=C\CC)COC1OC(CO)C(O)C(OS(=O)(=O)O)C1O. The Balaban J connectivity index is 2.37. The molecule has 0 aromatic heterocycles. The molecular weight excluding hydrogens is 885 g/mol. The van der Waals surface area contributed by atoms with Gasteiger partial charge in [0.05, 0.1) is 19.8 Å².